The van der Waals surface area contributed by atoms with Gasteiger partial charge in [-0.25, -0.2) is 0 Å². The second kappa shape index (κ2) is 12.2. The van der Waals surface area contributed by atoms with Crippen LogP contribution in [0.4, 0.5) is 0 Å². The minimum Gasteiger partial charge on any atom is -0.344 e. The van der Waals surface area contributed by atoms with Crippen molar-refractivity contribution in [3.63, 3.8) is 0 Å². The Balaban J connectivity index is 0.000000198. The fraction of sp³-hybridized carbons (Fsp3) is 0.258. The van der Waals surface area contributed by atoms with E-state index in [0.717, 1.165) is 22.8 Å². The maximum atomic E-state index is 4.64. The summed E-state index contributed by atoms with van der Waals surface area (Å²) in [6.07, 6.45) is 13.5. The van der Waals surface area contributed by atoms with E-state index in [1.54, 1.807) is 31.1 Å². The predicted octanol–water partition coefficient (Wildman–Crippen LogP) is 5.50. The van der Waals surface area contributed by atoms with Gasteiger partial charge in [-0.05, 0) is 45.7 Å². The second-order valence-electron chi connectivity index (χ2n) is 11.3. The summed E-state index contributed by atoms with van der Waals surface area (Å²) in [4.78, 5) is 4.64. The van der Waals surface area contributed by atoms with Crippen LogP contribution in [0.15, 0.2) is 85.5 Å². The summed E-state index contributed by atoms with van der Waals surface area (Å²) >= 11 is 0. The number of aromatic nitrogens is 9. The molecule has 210 valence electrons. The van der Waals surface area contributed by atoms with E-state index in [-0.39, 0.29) is 30.9 Å². The van der Waals surface area contributed by atoms with E-state index in [1.807, 2.05) is 73.1 Å². The molecular weight excluding hydrogens is 691 g/mol. The second-order valence-corrected chi connectivity index (χ2v) is 11.3. The molecule has 0 saturated heterocycles. The Bertz CT molecular complexity index is 1550. The van der Waals surface area contributed by atoms with Crippen LogP contribution in [-0.2, 0) is 30.9 Å². The summed E-state index contributed by atoms with van der Waals surface area (Å²) < 4.78 is 6.90. The Morgan fingerprint density at radius 1 is 0.610 bits per heavy atom. The summed E-state index contributed by atoms with van der Waals surface area (Å²) in [5.74, 6) is 1.42. The van der Waals surface area contributed by atoms with E-state index in [0.29, 0.717) is 11.6 Å². The Kier molecular flexibility index (Phi) is 8.85. The third-order valence-electron chi connectivity index (χ3n) is 6.02. The molecule has 0 radical (unpaired) electrons. The van der Waals surface area contributed by atoms with Gasteiger partial charge in [0.15, 0.2) is 0 Å². The molecule has 5 heterocycles. The average Bonchev–Trinajstić information content (AvgIpc) is 3.76. The predicted molar refractivity (Wildman–Crippen MR) is 153 cm³/mol. The standard InChI is InChI=1S/C19H23N5.C12H9N4.Ir/c1-18(2,3)14-10-12-23(21-14)16-8-7-9-17(20-16)24-13-11-15(22-24)19(4,5)6;1-4-11(15-8-2-6-13-15)10-12(5-1)16-9-3-7-14-16;/h7-11H,1-6H3;1-9H;/q-2;-1;+3. The molecule has 0 spiro atoms. The van der Waals surface area contributed by atoms with E-state index in [4.69, 9.17) is 0 Å². The van der Waals surface area contributed by atoms with Crippen molar-refractivity contribution in [3.8, 4) is 23.0 Å². The number of rotatable bonds is 4. The fourth-order valence-electron chi connectivity index (χ4n) is 3.73. The van der Waals surface area contributed by atoms with Crippen LogP contribution in [0.25, 0.3) is 23.0 Å². The van der Waals surface area contributed by atoms with Crippen molar-refractivity contribution < 1.29 is 20.1 Å². The van der Waals surface area contributed by atoms with Gasteiger partial charge in [0.25, 0.3) is 0 Å². The third kappa shape index (κ3) is 7.14. The van der Waals surface area contributed by atoms with Gasteiger partial charge in [0.2, 0.25) is 0 Å². The van der Waals surface area contributed by atoms with Crippen molar-refractivity contribution in [1.29, 1.82) is 0 Å². The zero-order valence-electron chi connectivity index (χ0n) is 23.9. The number of pyridine rings is 1. The molecule has 10 heteroatoms. The van der Waals surface area contributed by atoms with Gasteiger partial charge in [-0.1, -0.05) is 72.1 Å². The van der Waals surface area contributed by atoms with Crippen molar-refractivity contribution >= 4 is 0 Å². The largest absolute Gasteiger partial charge is 3.00 e. The number of hydrogen-bond acceptors (Lipinski definition) is 5. The molecule has 0 amide bonds. The molecule has 6 rings (SSSR count). The molecule has 5 aromatic heterocycles. The minimum absolute atomic E-state index is 0. The van der Waals surface area contributed by atoms with E-state index in [1.165, 1.54) is 0 Å². The minimum atomic E-state index is -0.0171. The zero-order valence-corrected chi connectivity index (χ0v) is 26.3. The quantitative estimate of drug-likeness (QED) is 0.225. The Labute approximate surface area is 254 Å². The first-order chi connectivity index (χ1) is 19.1. The Morgan fingerprint density at radius 2 is 1.05 bits per heavy atom. The summed E-state index contributed by atoms with van der Waals surface area (Å²) in [7, 11) is 0. The van der Waals surface area contributed by atoms with E-state index in [2.05, 4.69) is 85.4 Å². The molecule has 0 aliphatic heterocycles. The SMILES string of the molecule is CC(C)(C)c1c[c-]n(-c2cccc(-n3[c-]cc(C(C)(C)C)n3)n2)n1.[Ir+3].[c-]1c(-n2cccn2)cccc1-n1cccn1. The van der Waals surface area contributed by atoms with Crippen LogP contribution in [0.3, 0.4) is 0 Å². The Hall–Kier alpha value is -4.14. The van der Waals surface area contributed by atoms with Gasteiger partial charge in [-0.2, -0.15) is 16.3 Å². The van der Waals surface area contributed by atoms with Crippen molar-refractivity contribution in [3.05, 3.63) is 115 Å². The fourth-order valence-corrected chi connectivity index (χ4v) is 3.73. The molecule has 9 nitrogen and oxygen atoms in total. The molecule has 0 saturated carbocycles. The first-order valence-corrected chi connectivity index (χ1v) is 13.0. The van der Waals surface area contributed by atoms with Gasteiger partial charge in [0, 0.05) is 36.4 Å². The monoisotopic (exact) mass is 723 g/mol. The first-order valence-electron chi connectivity index (χ1n) is 13.0. The van der Waals surface area contributed by atoms with Crippen LogP contribution < -0.4 is 0 Å². The molecule has 6 aromatic rings. The summed E-state index contributed by atoms with van der Waals surface area (Å²) in [6.45, 7) is 12.8. The number of nitrogens with zero attached hydrogens (tertiary/aromatic N) is 9. The van der Waals surface area contributed by atoms with Crippen LogP contribution in [0.5, 0.6) is 0 Å². The van der Waals surface area contributed by atoms with Crippen LogP contribution in [0.2, 0.25) is 0 Å². The van der Waals surface area contributed by atoms with Crippen LogP contribution in [-0.4, -0.2) is 44.1 Å². The van der Waals surface area contributed by atoms with Gasteiger partial charge in [-0.3, -0.25) is 19.6 Å². The van der Waals surface area contributed by atoms with Gasteiger partial charge < -0.3 is 14.3 Å². The van der Waals surface area contributed by atoms with E-state index in [9.17, 15) is 0 Å². The molecule has 0 aliphatic carbocycles. The van der Waals surface area contributed by atoms with Gasteiger partial charge in [0.1, 0.15) is 0 Å². The maximum Gasteiger partial charge on any atom is 3.00 e. The van der Waals surface area contributed by atoms with Crippen LogP contribution in [0, 0.1) is 18.5 Å². The zero-order chi connectivity index (χ0) is 28.3. The molecule has 0 N–H and O–H groups in total. The summed E-state index contributed by atoms with van der Waals surface area (Å²) in [6, 6.07) is 22.5. The van der Waals surface area contributed by atoms with Gasteiger partial charge in [0.05, 0.1) is 0 Å². The maximum absolute atomic E-state index is 4.64. The average molecular weight is 723 g/mol. The van der Waals surface area contributed by atoms with Crippen molar-refractivity contribution in [1.82, 2.24) is 44.1 Å². The summed E-state index contributed by atoms with van der Waals surface area (Å²) in [5, 5.41) is 17.5. The number of benzene rings is 1. The smallest absolute Gasteiger partial charge is 0.344 e. The molecule has 41 heavy (non-hydrogen) atoms. The normalized spacial score (nSPS) is 11.5. The van der Waals surface area contributed by atoms with Crippen molar-refractivity contribution in [2.45, 2.75) is 52.4 Å². The summed E-state index contributed by atoms with van der Waals surface area (Å²) in [5.41, 5.74) is 3.73. The molecule has 0 unspecified atom stereocenters. The van der Waals surface area contributed by atoms with E-state index >= 15 is 0 Å². The van der Waals surface area contributed by atoms with E-state index < -0.39 is 0 Å². The van der Waals surface area contributed by atoms with Gasteiger partial charge >= 0.3 is 20.1 Å². The molecule has 1 aromatic carbocycles. The topological polar surface area (TPSA) is 84.2 Å². The Morgan fingerprint density at radius 3 is 1.41 bits per heavy atom. The van der Waals surface area contributed by atoms with Crippen LogP contribution in [0.1, 0.15) is 52.9 Å². The van der Waals surface area contributed by atoms with Crippen LogP contribution >= 0.6 is 0 Å². The number of hydrogen-bond donors (Lipinski definition) is 0. The molecule has 0 fully saturated rings. The molecule has 0 bridgehead atoms. The van der Waals surface area contributed by atoms with Gasteiger partial charge in [-0.15, -0.1) is 30.3 Å². The molecule has 0 atom stereocenters. The first kappa shape index (κ1) is 29.8. The third-order valence-corrected chi connectivity index (χ3v) is 6.02. The van der Waals surface area contributed by atoms with Crippen molar-refractivity contribution in [2.75, 3.05) is 0 Å². The molecule has 0 aliphatic rings. The molecular formula is C31H32IrN9. The van der Waals surface area contributed by atoms with Crippen molar-refractivity contribution in [2.24, 2.45) is 0 Å².